The fourth-order valence-corrected chi connectivity index (χ4v) is 3.84. The number of hydrogen-bond donors (Lipinski definition) is 2. The molecule has 136 valence electrons. The molecule has 3 rings (SSSR count). The monoisotopic (exact) mass is 362 g/mol. The molecule has 7 nitrogen and oxygen atoms in total. The van der Waals surface area contributed by atoms with E-state index in [2.05, 4.69) is 31.3 Å². The highest BCUT2D eigenvalue weighted by Crippen LogP contribution is 2.11. The Morgan fingerprint density at radius 2 is 2.40 bits per heavy atom. The summed E-state index contributed by atoms with van der Waals surface area (Å²) in [5.41, 5.74) is 1.45. The molecule has 0 radical (unpaired) electrons. The van der Waals surface area contributed by atoms with Gasteiger partial charge < -0.3 is 10.6 Å². The summed E-state index contributed by atoms with van der Waals surface area (Å²) >= 11 is 1.67. The molecule has 0 saturated carbocycles. The highest BCUT2D eigenvalue weighted by atomic mass is 32.1. The van der Waals surface area contributed by atoms with Gasteiger partial charge in [0, 0.05) is 36.6 Å². The Hall–Kier alpha value is -1.80. The lowest BCUT2D eigenvalue weighted by Crippen LogP contribution is -2.34. The van der Waals surface area contributed by atoms with E-state index in [4.69, 9.17) is 0 Å². The van der Waals surface area contributed by atoms with E-state index in [1.807, 2.05) is 6.92 Å². The number of carbonyl (C=O) groups excluding carboxylic acids is 1. The van der Waals surface area contributed by atoms with Gasteiger partial charge in [0.15, 0.2) is 5.69 Å². The van der Waals surface area contributed by atoms with Gasteiger partial charge in [-0.25, -0.2) is 4.98 Å². The van der Waals surface area contributed by atoms with Crippen LogP contribution in [0.3, 0.4) is 0 Å². The van der Waals surface area contributed by atoms with Crippen LogP contribution in [-0.2, 0) is 13.0 Å². The van der Waals surface area contributed by atoms with Crippen molar-refractivity contribution in [1.29, 1.82) is 0 Å². The van der Waals surface area contributed by atoms with Gasteiger partial charge in [0.05, 0.1) is 11.2 Å². The smallest absolute Gasteiger partial charge is 0.273 e. The molecular weight excluding hydrogens is 336 g/mol. The topological polar surface area (TPSA) is 84.7 Å². The van der Waals surface area contributed by atoms with E-state index in [9.17, 15) is 4.79 Å². The minimum Gasteiger partial charge on any atom is -0.351 e. The van der Waals surface area contributed by atoms with Crippen LogP contribution in [0.25, 0.3) is 0 Å². The maximum atomic E-state index is 12.1. The quantitative estimate of drug-likeness (QED) is 0.701. The SMILES string of the molecule is Cc1csc(CCCNC(=O)c2cn(CCC3CCCCN3)nn2)n1. The van der Waals surface area contributed by atoms with E-state index in [1.165, 1.54) is 19.3 Å². The van der Waals surface area contributed by atoms with Crippen molar-refractivity contribution in [2.75, 3.05) is 13.1 Å². The second-order valence-corrected chi connectivity index (χ2v) is 7.49. The summed E-state index contributed by atoms with van der Waals surface area (Å²) in [7, 11) is 0. The lowest BCUT2D eigenvalue weighted by molar-refractivity contribution is 0.0948. The number of thiazole rings is 1. The number of hydrogen-bond acceptors (Lipinski definition) is 6. The van der Waals surface area contributed by atoms with E-state index in [0.717, 1.165) is 43.1 Å². The van der Waals surface area contributed by atoms with Gasteiger partial charge in [0.1, 0.15) is 0 Å². The summed E-state index contributed by atoms with van der Waals surface area (Å²) in [5, 5.41) is 17.7. The third kappa shape index (κ3) is 5.61. The first kappa shape index (κ1) is 18.0. The summed E-state index contributed by atoms with van der Waals surface area (Å²) in [6.45, 7) is 4.52. The molecule has 3 heterocycles. The first-order valence-corrected chi connectivity index (χ1v) is 9.91. The second kappa shape index (κ2) is 9.05. The zero-order chi connectivity index (χ0) is 17.5. The molecule has 8 heteroatoms. The zero-order valence-corrected chi connectivity index (χ0v) is 15.5. The van der Waals surface area contributed by atoms with Crippen LogP contribution in [0.4, 0.5) is 0 Å². The van der Waals surface area contributed by atoms with E-state index < -0.39 is 0 Å². The zero-order valence-electron chi connectivity index (χ0n) is 14.7. The molecule has 0 aliphatic carbocycles. The summed E-state index contributed by atoms with van der Waals surface area (Å²) in [6.07, 6.45) is 8.32. The van der Waals surface area contributed by atoms with E-state index >= 15 is 0 Å². The van der Waals surface area contributed by atoms with Crippen molar-refractivity contribution >= 4 is 17.2 Å². The Kier molecular flexibility index (Phi) is 6.52. The molecule has 1 aliphatic heterocycles. The molecule has 25 heavy (non-hydrogen) atoms. The number of aromatic nitrogens is 4. The van der Waals surface area contributed by atoms with Crippen LogP contribution in [0.2, 0.25) is 0 Å². The Labute approximate surface area is 152 Å². The van der Waals surface area contributed by atoms with Crippen molar-refractivity contribution in [3.63, 3.8) is 0 Å². The molecule has 0 bridgehead atoms. The van der Waals surface area contributed by atoms with E-state index in [-0.39, 0.29) is 5.91 Å². The number of rotatable bonds is 8. The molecular formula is C17H26N6OS. The molecule has 1 amide bonds. The maximum Gasteiger partial charge on any atom is 0.273 e. The number of nitrogens with zero attached hydrogens (tertiary/aromatic N) is 4. The van der Waals surface area contributed by atoms with Crippen LogP contribution in [0, 0.1) is 6.92 Å². The van der Waals surface area contributed by atoms with E-state index in [0.29, 0.717) is 18.3 Å². The molecule has 1 unspecified atom stereocenters. The molecule has 1 atom stereocenters. The van der Waals surface area contributed by atoms with Gasteiger partial charge in [-0.1, -0.05) is 11.6 Å². The van der Waals surface area contributed by atoms with Gasteiger partial charge in [-0.2, -0.15) is 0 Å². The highest BCUT2D eigenvalue weighted by molar-refractivity contribution is 7.09. The molecule has 1 aliphatic rings. The van der Waals surface area contributed by atoms with Crippen molar-refractivity contribution in [1.82, 2.24) is 30.6 Å². The molecule has 2 aromatic rings. The van der Waals surface area contributed by atoms with Gasteiger partial charge in [-0.15, -0.1) is 16.4 Å². The largest absolute Gasteiger partial charge is 0.351 e. The lowest BCUT2D eigenvalue weighted by Gasteiger charge is -2.23. The van der Waals surface area contributed by atoms with Crippen molar-refractivity contribution in [2.45, 2.75) is 58.0 Å². The molecule has 2 N–H and O–H groups in total. The summed E-state index contributed by atoms with van der Waals surface area (Å²) in [6, 6.07) is 0.560. The highest BCUT2D eigenvalue weighted by Gasteiger charge is 2.14. The van der Waals surface area contributed by atoms with Crippen molar-refractivity contribution < 1.29 is 4.79 Å². The Morgan fingerprint density at radius 3 is 3.16 bits per heavy atom. The molecule has 0 aromatic carbocycles. The van der Waals surface area contributed by atoms with Crippen molar-refractivity contribution in [2.24, 2.45) is 0 Å². The van der Waals surface area contributed by atoms with Crippen LogP contribution in [0.15, 0.2) is 11.6 Å². The number of piperidine rings is 1. The van der Waals surface area contributed by atoms with Gasteiger partial charge >= 0.3 is 0 Å². The van der Waals surface area contributed by atoms with Crippen molar-refractivity contribution in [3.8, 4) is 0 Å². The molecule has 2 aromatic heterocycles. The van der Waals surface area contributed by atoms with Crippen molar-refractivity contribution in [3.05, 3.63) is 28.0 Å². The fourth-order valence-electron chi connectivity index (χ4n) is 3.02. The minimum absolute atomic E-state index is 0.155. The number of nitrogens with one attached hydrogen (secondary N) is 2. The minimum atomic E-state index is -0.155. The predicted molar refractivity (Wildman–Crippen MR) is 97.8 cm³/mol. The van der Waals surface area contributed by atoms with Crippen LogP contribution < -0.4 is 10.6 Å². The standard InChI is InChI=1S/C17H26N6OS/c1-13-12-25-16(20-13)6-4-9-19-17(24)15-11-23(22-21-15)10-7-14-5-2-3-8-18-14/h11-12,14,18H,2-10H2,1H3,(H,19,24). The third-order valence-corrected chi connectivity index (χ3v) is 5.44. The first-order chi connectivity index (χ1) is 12.2. The Morgan fingerprint density at radius 1 is 1.48 bits per heavy atom. The van der Waals surface area contributed by atoms with Crippen LogP contribution in [0.1, 0.15) is 53.3 Å². The average molecular weight is 363 g/mol. The van der Waals surface area contributed by atoms with Crippen LogP contribution >= 0.6 is 11.3 Å². The second-order valence-electron chi connectivity index (χ2n) is 6.54. The van der Waals surface area contributed by atoms with Gasteiger partial charge in [-0.05, 0) is 39.2 Å². The van der Waals surface area contributed by atoms with Crippen LogP contribution in [-0.4, -0.2) is 45.0 Å². The molecule has 0 spiro atoms. The number of amides is 1. The predicted octanol–water partition coefficient (Wildman–Crippen LogP) is 1.94. The lowest BCUT2D eigenvalue weighted by atomic mass is 10.0. The Bertz CT molecular complexity index is 676. The van der Waals surface area contributed by atoms with Gasteiger partial charge in [0.25, 0.3) is 5.91 Å². The van der Waals surface area contributed by atoms with Gasteiger partial charge in [-0.3, -0.25) is 9.48 Å². The van der Waals surface area contributed by atoms with E-state index in [1.54, 1.807) is 22.2 Å². The maximum absolute atomic E-state index is 12.1. The van der Waals surface area contributed by atoms with Gasteiger partial charge in [0.2, 0.25) is 0 Å². The third-order valence-electron chi connectivity index (χ3n) is 4.41. The molecule has 1 saturated heterocycles. The number of carbonyl (C=O) groups is 1. The average Bonchev–Trinajstić information content (AvgIpc) is 3.27. The Balaban J connectivity index is 1.36. The summed E-state index contributed by atoms with van der Waals surface area (Å²) in [4.78, 5) is 16.5. The first-order valence-electron chi connectivity index (χ1n) is 9.03. The number of aryl methyl sites for hydroxylation is 3. The summed E-state index contributed by atoms with van der Waals surface area (Å²) in [5.74, 6) is -0.155. The summed E-state index contributed by atoms with van der Waals surface area (Å²) < 4.78 is 1.77. The normalized spacial score (nSPS) is 17.6. The van der Waals surface area contributed by atoms with Crippen LogP contribution in [0.5, 0.6) is 0 Å². The molecule has 1 fully saturated rings. The fraction of sp³-hybridized carbons (Fsp3) is 0.647.